The lowest BCUT2D eigenvalue weighted by molar-refractivity contribution is -0.123. The van der Waals surface area contributed by atoms with Crippen molar-refractivity contribution in [3.05, 3.63) is 5.51 Å². The minimum atomic E-state index is -0.186. The molecule has 2 N–H and O–H groups in total. The molecule has 1 aliphatic rings. The Labute approximate surface area is 84.7 Å². The van der Waals surface area contributed by atoms with Crippen LogP contribution < -0.4 is 10.6 Å². The van der Waals surface area contributed by atoms with Crippen molar-refractivity contribution in [2.24, 2.45) is 0 Å². The van der Waals surface area contributed by atoms with Crippen molar-refractivity contribution < 1.29 is 9.53 Å². The maximum absolute atomic E-state index is 11.2. The van der Waals surface area contributed by atoms with Gasteiger partial charge in [0.1, 0.15) is 12.1 Å². The summed E-state index contributed by atoms with van der Waals surface area (Å²) in [6.45, 7) is 1.73. The molecule has 1 amide bonds. The summed E-state index contributed by atoms with van der Waals surface area (Å²) in [4.78, 5) is 11.2. The minimum absolute atomic E-state index is 0.0753. The van der Waals surface area contributed by atoms with Crippen LogP contribution in [-0.4, -0.2) is 41.9 Å². The smallest absolute Gasteiger partial charge is 0.252 e. The van der Waals surface area contributed by atoms with E-state index in [-0.39, 0.29) is 18.6 Å². The zero-order valence-electron chi connectivity index (χ0n) is 7.40. The van der Waals surface area contributed by atoms with Crippen molar-refractivity contribution in [3.8, 4) is 0 Å². The maximum atomic E-state index is 11.2. The van der Waals surface area contributed by atoms with Crippen LogP contribution in [0.2, 0.25) is 0 Å². The monoisotopic (exact) mass is 214 g/mol. The van der Waals surface area contributed by atoms with E-state index in [4.69, 9.17) is 4.74 Å². The van der Waals surface area contributed by atoms with Crippen LogP contribution in [0.3, 0.4) is 0 Å². The molecule has 0 aliphatic carbocycles. The molecule has 2 heterocycles. The third-order valence-electron chi connectivity index (χ3n) is 1.80. The maximum Gasteiger partial charge on any atom is 0.252 e. The van der Waals surface area contributed by atoms with Gasteiger partial charge in [-0.1, -0.05) is 11.3 Å². The molecule has 6 nitrogen and oxygen atoms in total. The van der Waals surface area contributed by atoms with Crippen molar-refractivity contribution >= 4 is 22.4 Å². The number of ether oxygens (including phenoxy) is 1. The summed E-state index contributed by atoms with van der Waals surface area (Å²) in [5.74, 6) is -0.186. The standard InChI is InChI=1S/C7H10N4O2S/c12-6(3-13-5-1-8-2-5)10-7-11-9-4-14-7/h4-5,8H,1-3H2,(H,10,11,12). The van der Waals surface area contributed by atoms with Gasteiger partial charge in [0.15, 0.2) is 0 Å². The number of rotatable bonds is 4. The molecule has 1 aromatic heterocycles. The number of hydrogen-bond donors (Lipinski definition) is 2. The lowest BCUT2D eigenvalue weighted by Crippen LogP contribution is -2.49. The van der Waals surface area contributed by atoms with Crippen LogP contribution in [0.1, 0.15) is 0 Å². The summed E-state index contributed by atoms with van der Waals surface area (Å²) in [7, 11) is 0. The van der Waals surface area contributed by atoms with E-state index in [0.717, 1.165) is 13.1 Å². The summed E-state index contributed by atoms with van der Waals surface area (Å²) in [6, 6.07) is 0. The molecular formula is C7H10N4O2S. The van der Waals surface area contributed by atoms with Gasteiger partial charge in [-0.2, -0.15) is 0 Å². The predicted molar refractivity (Wildman–Crippen MR) is 51.1 cm³/mol. The zero-order chi connectivity index (χ0) is 9.80. The summed E-state index contributed by atoms with van der Waals surface area (Å²) in [5, 5.41) is 13.4. The molecule has 0 radical (unpaired) electrons. The molecule has 0 unspecified atom stereocenters. The van der Waals surface area contributed by atoms with Crippen LogP contribution in [0.5, 0.6) is 0 Å². The number of amides is 1. The van der Waals surface area contributed by atoms with Gasteiger partial charge >= 0.3 is 0 Å². The van der Waals surface area contributed by atoms with E-state index >= 15 is 0 Å². The van der Waals surface area contributed by atoms with Gasteiger partial charge in [0.05, 0.1) is 6.10 Å². The van der Waals surface area contributed by atoms with Crippen molar-refractivity contribution in [1.29, 1.82) is 0 Å². The number of anilines is 1. The fourth-order valence-electron chi connectivity index (χ4n) is 0.956. The number of carbonyl (C=O) groups is 1. The van der Waals surface area contributed by atoms with Crippen molar-refractivity contribution in [2.45, 2.75) is 6.10 Å². The molecule has 14 heavy (non-hydrogen) atoms. The average Bonchev–Trinajstić information content (AvgIpc) is 2.54. The van der Waals surface area contributed by atoms with Crippen LogP contribution in [0, 0.1) is 0 Å². The molecule has 0 atom stereocenters. The first-order chi connectivity index (χ1) is 6.84. The topological polar surface area (TPSA) is 76.1 Å². The molecule has 1 aromatic rings. The van der Waals surface area contributed by atoms with Crippen LogP contribution in [-0.2, 0) is 9.53 Å². The summed E-state index contributed by atoms with van der Waals surface area (Å²) < 4.78 is 5.27. The molecule has 1 fully saturated rings. The molecule has 1 saturated heterocycles. The van der Waals surface area contributed by atoms with Gasteiger partial charge in [-0.15, -0.1) is 10.2 Å². The number of carbonyl (C=O) groups excluding carboxylic acids is 1. The fraction of sp³-hybridized carbons (Fsp3) is 0.571. The fourth-order valence-corrected chi connectivity index (χ4v) is 1.42. The first-order valence-corrected chi connectivity index (χ1v) is 5.11. The Balaban J connectivity index is 1.68. The van der Waals surface area contributed by atoms with E-state index < -0.39 is 0 Å². The van der Waals surface area contributed by atoms with E-state index in [1.807, 2.05) is 0 Å². The molecular weight excluding hydrogens is 204 g/mol. The number of nitrogens with zero attached hydrogens (tertiary/aromatic N) is 2. The van der Waals surface area contributed by atoms with E-state index in [1.54, 1.807) is 5.51 Å². The van der Waals surface area contributed by atoms with Crippen molar-refractivity contribution in [2.75, 3.05) is 25.0 Å². The quantitative estimate of drug-likeness (QED) is 0.704. The van der Waals surface area contributed by atoms with E-state index in [9.17, 15) is 4.79 Å². The summed E-state index contributed by atoms with van der Waals surface area (Å²) in [6.07, 6.45) is 0.176. The third-order valence-corrected chi connectivity index (χ3v) is 2.41. The van der Waals surface area contributed by atoms with Crippen molar-refractivity contribution in [1.82, 2.24) is 15.5 Å². The third kappa shape index (κ3) is 2.47. The molecule has 2 rings (SSSR count). The second-order valence-corrected chi connectivity index (χ2v) is 3.72. The second-order valence-electron chi connectivity index (χ2n) is 2.88. The summed E-state index contributed by atoms with van der Waals surface area (Å²) in [5.41, 5.74) is 1.56. The highest BCUT2D eigenvalue weighted by Crippen LogP contribution is 2.07. The van der Waals surface area contributed by atoms with Crippen LogP contribution in [0.25, 0.3) is 0 Å². The van der Waals surface area contributed by atoms with Gasteiger partial charge in [-0.3, -0.25) is 10.1 Å². The first-order valence-electron chi connectivity index (χ1n) is 4.23. The Bertz CT molecular complexity index is 299. The number of nitrogens with one attached hydrogen (secondary N) is 2. The van der Waals surface area contributed by atoms with Crippen LogP contribution >= 0.6 is 11.3 Å². The van der Waals surface area contributed by atoms with Gasteiger partial charge in [0, 0.05) is 13.1 Å². The average molecular weight is 214 g/mol. The molecule has 0 aromatic carbocycles. The Morgan fingerprint density at radius 2 is 2.64 bits per heavy atom. The first kappa shape index (κ1) is 9.50. The molecule has 0 saturated carbocycles. The SMILES string of the molecule is O=C(COC1CNC1)Nc1nncs1. The Hall–Kier alpha value is -1.05. The van der Waals surface area contributed by atoms with Gasteiger partial charge in [0.2, 0.25) is 5.13 Å². The predicted octanol–water partition coefficient (Wildman–Crippen LogP) is -0.535. The van der Waals surface area contributed by atoms with Gasteiger partial charge in [-0.25, -0.2) is 0 Å². The normalized spacial score (nSPS) is 16.3. The van der Waals surface area contributed by atoms with E-state index in [0.29, 0.717) is 5.13 Å². The van der Waals surface area contributed by atoms with Crippen LogP contribution in [0.15, 0.2) is 5.51 Å². The minimum Gasteiger partial charge on any atom is -0.366 e. The Morgan fingerprint density at radius 3 is 3.21 bits per heavy atom. The largest absolute Gasteiger partial charge is 0.366 e. The Kier molecular flexibility index (Phi) is 3.02. The van der Waals surface area contributed by atoms with Gasteiger partial charge in [-0.05, 0) is 0 Å². The number of hydrogen-bond acceptors (Lipinski definition) is 6. The molecule has 0 bridgehead atoms. The molecule has 76 valence electrons. The highest BCUT2D eigenvalue weighted by atomic mass is 32.1. The van der Waals surface area contributed by atoms with Crippen molar-refractivity contribution in [3.63, 3.8) is 0 Å². The van der Waals surface area contributed by atoms with E-state index in [1.165, 1.54) is 11.3 Å². The second kappa shape index (κ2) is 4.45. The summed E-state index contributed by atoms with van der Waals surface area (Å²) >= 11 is 1.28. The molecule has 1 aliphatic heterocycles. The van der Waals surface area contributed by atoms with Gasteiger partial charge in [0.25, 0.3) is 5.91 Å². The van der Waals surface area contributed by atoms with Gasteiger partial charge < -0.3 is 10.1 Å². The lowest BCUT2D eigenvalue weighted by Gasteiger charge is -2.26. The molecule has 7 heteroatoms. The highest BCUT2D eigenvalue weighted by Gasteiger charge is 2.18. The Morgan fingerprint density at radius 1 is 1.79 bits per heavy atom. The van der Waals surface area contributed by atoms with Crippen LogP contribution in [0.4, 0.5) is 5.13 Å². The van der Waals surface area contributed by atoms with E-state index in [2.05, 4.69) is 20.8 Å². The molecule has 0 spiro atoms. The number of aromatic nitrogens is 2. The lowest BCUT2D eigenvalue weighted by atomic mass is 10.2. The highest BCUT2D eigenvalue weighted by molar-refractivity contribution is 7.13. The zero-order valence-corrected chi connectivity index (χ0v) is 8.21.